The van der Waals surface area contributed by atoms with Crippen LogP contribution in [0.1, 0.15) is 33.1 Å². The molecule has 3 fully saturated rings. The van der Waals surface area contributed by atoms with Crippen molar-refractivity contribution in [2.24, 2.45) is 16.7 Å². The fourth-order valence-electron chi connectivity index (χ4n) is 4.36. The first-order valence-electron chi connectivity index (χ1n) is 6.78. The Labute approximate surface area is 122 Å². The van der Waals surface area contributed by atoms with E-state index >= 15 is 0 Å². The maximum atomic E-state index is 11.2. The summed E-state index contributed by atoms with van der Waals surface area (Å²) >= 11 is -3.01. The van der Waals surface area contributed by atoms with Gasteiger partial charge in [0.05, 0.1) is 0 Å². The van der Waals surface area contributed by atoms with Gasteiger partial charge in [0.2, 0.25) is 0 Å². The number of halogens is 1. The van der Waals surface area contributed by atoms with Crippen molar-refractivity contribution in [2.75, 3.05) is 7.11 Å². The Morgan fingerprint density at radius 2 is 2.26 bits per heavy atom. The van der Waals surface area contributed by atoms with Crippen LogP contribution in [-0.4, -0.2) is 36.7 Å². The van der Waals surface area contributed by atoms with Crippen molar-refractivity contribution in [2.45, 2.75) is 43.7 Å². The molecule has 1 heterocycles. The SMILES string of the molecule is COC(=O)/C=C/[Te]1(Cl)CC23CCC(CC2O1)C3(C)C. The van der Waals surface area contributed by atoms with Gasteiger partial charge in [-0.25, -0.2) is 0 Å². The van der Waals surface area contributed by atoms with E-state index in [9.17, 15) is 4.79 Å². The minimum absolute atomic E-state index is 0.265. The Morgan fingerprint density at radius 3 is 2.84 bits per heavy atom. The van der Waals surface area contributed by atoms with Gasteiger partial charge in [0.15, 0.2) is 0 Å². The number of fused-ring (bicyclic) bond motifs is 1. The van der Waals surface area contributed by atoms with Gasteiger partial charge in [-0.05, 0) is 0 Å². The zero-order chi connectivity index (χ0) is 13.9. The third-order valence-corrected chi connectivity index (χ3v) is 13.3. The van der Waals surface area contributed by atoms with Gasteiger partial charge in [-0.3, -0.25) is 0 Å². The summed E-state index contributed by atoms with van der Waals surface area (Å²) in [5.41, 5.74) is 0.598. The molecule has 0 aromatic carbocycles. The van der Waals surface area contributed by atoms with Crippen LogP contribution in [0.4, 0.5) is 0 Å². The van der Waals surface area contributed by atoms with E-state index < -0.39 is 17.5 Å². The molecule has 0 aromatic heterocycles. The zero-order valence-corrected chi connectivity index (χ0v) is 14.7. The summed E-state index contributed by atoms with van der Waals surface area (Å²) < 4.78 is 13.8. The van der Waals surface area contributed by atoms with Gasteiger partial charge in [-0.15, -0.1) is 0 Å². The van der Waals surface area contributed by atoms with Gasteiger partial charge >= 0.3 is 123 Å². The van der Waals surface area contributed by atoms with Gasteiger partial charge in [-0.1, -0.05) is 0 Å². The molecular weight excluding hydrogens is 379 g/mol. The molecule has 2 aliphatic carbocycles. The summed E-state index contributed by atoms with van der Waals surface area (Å²) in [6.45, 7) is 4.76. The van der Waals surface area contributed by atoms with Crippen molar-refractivity contribution in [3.05, 3.63) is 10.2 Å². The molecule has 0 amide bonds. The topological polar surface area (TPSA) is 35.5 Å². The van der Waals surface area contributed by atoms with Crippen LogP contribution in [0.3, 0.4) is 0 Å². The molecule has 3 nitrogen and oxygen atoms in total. The summed E-state index contributed by atoms with van der Waals surface area (Å²) in [7, 11) is 8.14. The fourth-order valence-corrected chi connectivity index (χ4v) is 14.0. The van der Waals surface area contributed by atoms with Crippen molar-refractivity contribution in [3.63, 3.8) is 0 Å². The molecule has 2 saturated carbocycles. The molecule has 3 aliphatic rings. The summed E-state index contributed by atoms with van der Waals surface area (Å²) in [4.78, 5) is 11.2. The molecule has 4 unspecified atom stereocenters. The van der Waals surface area contributed by atoms with E-state index in [1.807, 2.05) is 4.12 Å². The quantitative estimate of drug-likeness (QED) is 0.406. The average Bonchev–Trinajstić information content (AvgIpc) is 2.86. The number of hydrogen-bond donors (Lipinski definition) is 0. The van der Waals surface area contributed by atoms with Gasteiger partial charge in [0, 0.05) is 0 Å². The standard InChI is InChI=1S/C14H21ClO3Te/c1-13(2)10-4-6-14(13)9-19(15,18-11(14)8-10)7-5-12(16)17-3/h5,7,10-11H,4,6,8-9H2,1-3H3/b7-5+. The van der Waals surface area contributed by atoms with E-state index in [1.165, 1.54) is 26.0 Å². The molecule has 0 N–H and O–H groups in total. The van der Waals surface area contributed by atoms with E-state index in [0.29, 0.717) is 11.5 Å². The molecule has 5 heteroatoms. The molecule has 1 saturated heterocycles. The van der Waals surface area contributed by atoms with Crippen molar-refractivity contribution in [3.8, 4) is 0 Å². The minimum atomic E-state index is -3.01. The second-order valence-electron chi connectivity index (χ2n) is 6.55. The Hall–Kier alpha value is 0.250. The number of hydrogen-bond acceptors (Lipinski definition) is 3. The first-order valence-corrected chi connectivity index (χ1v) is 13.7. The third-order valence-electron chi connectivity index (χ3n) is 5.70. The van der Waals surface area contributed by atoms with Crippen LogP contribution >= 0.6 is 8.96 Å². The first-order chi connectivity index (χ1) is 8.83. The Balaban J connectivity index is 1.84. The first kappa shape index (κ1) is 14.2. The molecule has 19 heavy (non-hydrogen) atoms. The fraction of sp³-hybridized carbons (Fsp3) is 0.786. The molecule has 108 valence electrons. The van der Waals surface area contributed by atoms with Crippen molar-refractivity contribution in [1.82, 2.24) is 0 Å². The summed E-state index contributed by atoms with van der Waals surface area (Å²) in [6, 6.07) is 0. The van der Waals surface area contributed by atoms with Crippen LogP contribution in [0, 0.1) is 16.7 Å². The predicted octanol–water partition coefficient (Wildman–Crippen LogP) is 3.16. The summed E-state index contributed by atoms with van der Waals surface area (Å²) in [5, 5.41) is 0. The zero-order valence-electron chi connectivity index (χ0n) is 11.6. The number of rotatable bonds is 2. The maximum absolute atomic E-state index is 11.2. The van der Waals surface area contributed by atoms with E-state index in [-0.39, 0.29) is 11.4 Å². The molecule has 4 atom stereocenters. The summed E-state index contributed by atoms with van der Waals surface area (Å²) in [5.74, 6) is 0.444. The van der Waals surface area contributed by atoms with Crippen LogP contribution in [0.15, 0.2) is 10.2 Å². The molecule has 1 spiro atoms. The normalized spacial score (nSPS) is 50.1. The van der Waals surface area contributed by atoms with E-state index in [2.05, 4.69) is 18.6 Å². The second-order valence-corrected chi connectivity index (χ2v) is 15.9. The Morgan fingerprint density at radius 1 is 1.53 bits per heavy atom. The van der Waals surface area contributed by atoms with Crippen LogP contribution in [0.5, 0.6) is 0 Å². The van der Waals surface area contributed by atoms with Gasteiger partial charge < -0.3 is 0 Å². The second kappa shape index (κ2) is 4.37. The third kappa shape index (κ3) is 1.91. The van der Waals surface area contributed by atoms with Crippen LogP contribution < -0.4 is 0 Å². The molecule has 2 bridgehead atoms. The van der Waals surface area contributed by atoms with E-state index in [1.54, 1.807) is 0 Å². The Kier molecular flexibility index (Phi) is 3.27. The van der Waals surface area contributed by atoms with Crippen LogP contribution in [0.25, 0.3) is 0 Å². The summed E-state index contributed by atoms with van der Waals surface area (Å²) in [6.07, 6.45) is 5.48. The Bertz CT molecular complexity index is 450. The van der Waals surface area contributed by atoms with Gasteiger partial charge in [0.1, 0.15) is 0 Å². The van der Waals surface area contributed by atoms with Gasteiger partial charge in [0.25, 0.3) is 0 Å². The molecule has 0 radical (unpaired) electrons. The van der Waals surface area contributed by atoms with E-state index in [0.717, 1.165) is 16.8 Å². The number of ether oxygens (including phenoxy) is 1. The van der Waals surface area contributed by atoms with Crippen molar-refractivity contribution in [1.29, 1.82) is 0 Å². The molecular formula is C14H21ClO3Te. The number of esters is 1. The molecule has 1 aliphatic heterocycles. The van der Waals surface area contributed by atoms with Crippen LogP contribution in [0.2, 0.25) is 4.47 Å². The molecule has 3 rings (SSSR count). The van der Waals surface area contributed by atoms with Gasteiger partial charge in [-0.2, -0.15) is 0 Å². The van der Waals surface area contributed by atoms with Crippen LogP contribution in [-0.2, 0) is 12.6 Å². The average molecular weight is 400 g/mol. The predicted molar refractivity (Wildman–Crippen MR) is 76.0 cm³/mol. The van der Waals surface area contributed by atoms with Crippen molar-refractivity contribution < 1.29 is 12.6 Å². The number of methoxy groups -OCH3 is 1. The van der Waals surface area contributed by atoms with E-state index in [4.69, 9.17) is 12.1 Å². The monoisotopic (exact) mass is 402 g/mol. The molecule has 0 aromatic rings. The number of carbonyl (C=O) groups is 1. The van der Waals surface area contributed by atoms with Crippen molar-refractivity contribution >= 4 is 32.4 Å². The number of carbonyl (C=O) groups excluding carboxylic acids is 1.